The van der Waals surface area contributed by atoms with Crippen LogP contribution in [0.3, 0.4) is 0 Å². The minimum Gasteiger partial charge on any atom is -0.387 e. The summed E-state index contributed by atoms with van der Waals surface area (Å²) < 4.78 is 0. The zero-order chi connectivity index (χ0) is 14.5. The molecule has 1 aromatic rings. The quantitative estimate of drug-likeness (QED) is 0.685. The number of anilines is 1. The van der Waals surface area contributed by atoms with E-state index < -0.39 is 0 Å². The third-order valence-corrected chi connectivity index (χ3v) is 3.35. The Bertz CT molecular complexity index is 510. The van der Waals surface area contributed by atoms with Gasteiger partial charge >= 0.3 is 0 Å². The van der Waals surface area contributed by atoms with Gasteiger partial charge in [-0.3, -0.25) is 9.59 Å². The monoisotopic (exact) mass is 275 g/mol. The topological polar surface area (TPSA) is 70.2 Å². The summed E-state index contributed by atoms with van der Waals surface area (Å²) in [5, 5.41) is 8.65. The van der Waals surface area contributed by atoms with E-state index in [1.807, 2.05) is 25.1 Å². The van der Waals surface area contributed by atoms with Gasteiger partial charge in [-0.15, -0.1) is 0 Å². The molecule has 5 heteroatoms. The normalized spacial score (nSPS) is 13.7. The highest BCUT2D eigenvalue weighted by Gasteiger charge is 2.28. The number of benzene rings is 1. The van der Waals surface area contributed by atoms with Gasteiger partial charge in [0.1, 0.15) is 0 Å². The molecule has 0 saturated heterocycles. The highest BCUT2D eigenvalue weighted by molar-refractivity contribution is 5.99. The van der Waals surface area contributed by atoms with E-state index in [0.29, 0.717) is 18.7 Å². The zero-order valence-corrected chi connectivity index (χ0v) is 12.0. The fourth-order valence-corrected chi connectivity index (χ4v) is 2.01. The van der Waals surface area contributed by atoms with E-state index >= 15 is 0 Å². The Balaban J connectivity index is 1.81. The van der Waals surface area contributed by atoms with Gasteiger partial charge in [-0.25, -0.2) is 0 Å². The largest absolute Gasteiger partial charge is 0.387 e. The summed E-state index contributed by atoms with van der Waals surface area (Å²) in [6, 6.07) is 5.70. The molecule has 2 rings (SSSR count). The number of carbonyl (C=O) groups is 2. The third kappa shape index (κ3) is 3.73. The zero-order valence-electron chi connectivity index (χ0n) is 12.0. The molecule has 0 aliphatic heterocycles. The average molecular weight is 275 g/mol. The molecule has 3 N–H and O–H groups in total. The minimum absolute atomic E-state index is 0.103. The molecule has 0 aromatic heterocycles. The summed E-state index contributed by atoms with van der Waals surface area (Å²) in [6.07, 6.45) is 1.99. The van der Waals surface area contributed by atoms with Crippen LogP contribution in [0.4, 0.5) is 5.69 Å². The van der Waals surface area contributed by atoms with Crippen molar-refractivity contribution in [2.24, 2.45) is 5.92 Å². The molecule has 1 saturated carbocycles. The van der Waals surface area contributed by atoms with E-state index in [4.69, 9.17) is 0 Å². The lowest BCUT2D eigenvalue weighted by molar-refractivity contribution is -0.122. The van der Waals surface area contributed by atoms with Crippen LogP contribution >= 0.6 is 0 Å². The van der Waals surface area contributed by atoms with Crippen LogP contribution in [0.25, 0.3) is 0 Å². The SMILES string of the molecule is CNc1ccc(C)cc1C(=O)NCCNC(=O)C1CC1. The average Bonchev–Trinajstić information content (AvgIpc) is 3.27. The van der Waals surface area contributed by atoms with Crippen molar-refractivity contribution in [3.05, 3.63) is 29.3 Å². The maximum atomic E-state index is 12.1. The van der Waals surface area contributed by atoms with Crippen LogP contribution in [-0.4, -0.2) is 32.0 Å². The Morgan fingerprint density at radius 2 is 1.90 bits per heavy atom. The maximum absolute atomic E-state index is 12.1. The number of hydrogen-bond donors (Lipinski definition) is 3. The van der Waals surface area contributed by atoms with Gasteiger partial charge in [0.15, 0.2) is 0 Å². The smallest absolute Gasteiger partial charge is 0.253 e. The third-order valence-electron chi connectivity index (χ3n) is 3.35. The van der Waals surface area contributed by atoms with Gasteiger partial charge in [0.2, 0.25) is 5.91 Å². The Hall–Kier alpha value is -2.04. The molecule has 0 unspecified atom stereocenters. The van der Waals surface area contributed by atoms with Gasteiger partial charge in [-0.05, 0) is 31.9 Å². The predicted molar refractivity (Wildman–Crippen MR) is 78.8 cm³/mol. The first-order chi connectivity index (χ1) is 9.61. The van der Waals surface area contributed by atoms with Crippen molar-refractivity contribution in [2.45, 2.75) is 19.8 Å². The molecule has 1 aliphatic carbocycles. The van der Waals surface area contributed by atoms with E-state index in [2.05, 4.69) is 16.0 Å². The first-order valence-corrected chi connectivity index (χ1v) is 6.96. The number of nitrogens with one attached hydrogen (secondary N) is 3. The molecular weight excluding hydrogens is 254 g/mol. The fraction of sp³-hybridized carbons (Fsp3) is 0.467. The van der Waals surface area contributed by atoms with Gasteiger partial charge in [-0.2, -0.15) is 0 Å². The molecule has 108 valence electrons. The number of hydrogen-bond acceptors (Lipinski definition) is 3. The highest BCUT2D eigenvalue weighted by atomic mass is 16.2. The van der Waals surface area contributed by atoms with Crippen LogP contribution in [0.5, 0.6) is 0 Å². The van der Waals surface area contributed by atoms with Crippen LogP contribution in [-0.2, 0) is 4.79 Å². The standard InChI is InChI=1S/C15H21N3O2/c1-10-3-6-13(16-2)12(9-10)15(20)18-8-7-17-14(19)11-4-5-11/h3,6,9,11,16H,4-5,7-8H2,1-2H3,(H,17,19)(H,18,20). The number of amides is 2. The van der Waals surface area contributed by atoms with Crippen LogP contribution in [0, 0.1) is 12.8 Å². The second-order valence-corrected chi connectivity index (χ2v) is 5.12. The van der Waals surface area contributed by atoms with Gasteiger partial charge < -0.3 is 16.0 Å². The molecule has 1 fully saturated rings. The Labute approximate surface area is 119 Å². The van der Waals surface area contributed by atoms with E-state index in [9.17, 15) is 9.59 Å². The summed E-state index contributed by atoms with van der Waals surface area (Å²) in [5.74, 6) is 0.183. The molecule has 20 heavy (non-hydrogen) atoms. The van der Waals surface area contributed by atoms with Crippen molar-refractivity contribution in [3.63, 3.8) is 0 Å². The summed E-state index contributed by atoms with van der Waals surface area (Å²) in [6.45, 7) is 2.86. The van der Waals surface area contributed by atoms with Gasteiger partial charge in [-0.1, -0.05) is 11.6 Å². The van der Waals surface area contributed by atoms with Crippen molar-refractivity contribution in [2.75, 3.05) is 25.5 Å². The first-order valence-electron chi connectivity index (χ1n) is 6.96. The molecule has 0 bridgehead atoms. The Kier molecular flexibility index (Phi) is 4.61. The Morgan fingerprint density at radius 1 is 1.20 bits per heavy atom. The highest BCUT2D eigenvalue weighted by Crippen LogP contribution is 2.28. The lowest BCUT2D eigenvalue weighted by Crippen LogP contribution is -2.35. The van der Waals surface area contributed by atoms with Crippen LogP contribution in [0.2, 0.25) is 0 Å². The molecule has 0 radical (unpaired) electrons. The molecule has 2 amide bonds. The van der Waals surface area contributed by atoms with Gasteiger partial charge in [0, 0.05) is 31.7 Å². The molecule has 1 aliphatic rings. The molecule has 5 nitrogen and oxygen atoms in total. The maximum Gasteiger partial charge on any atom is 0.253 e. The number of rotatable bonds is 6. The molecule has 1 aromatic carbocycles. The second kappa shape index (κ2) is 6.41. The summed E-state index contributed by atoms with van der Waals surface area (Å²) in [4.78, 5) is 23.5. The Morgan fingerprint density at radius 3 is 2.55 bits per heavy atom. The van der Waals surface area contributed by atoms with E-state index in [-0.39, 0.29) is 17.7 Å². The predicted octanol–water partition coefficient (Wildman–Crippen LogP) is 1.29. The van der Waals surface area contributed by atoms with Crippen LogP contribution in [0.15, 0.2) is 18.2 Å². The molecule has 0 atom stereocenters. The van der Waals surface area contributed by atoms with E-state index in [1.54, 1.807) is 7.05 Å². The van der Waals surface area contributed by atoms with Crippen molar-refractivity contribution in [3.8, 4) is 0 Å². The van der Waals surface area contributed by atoms with Crippen molar-refractivity contribution < 1.29 is 9.59 Å². The number of aryl methyl sites for hydroxylation is 1. The van der Waals surface area contributed by atoms with E-state index in [0.717, 1.165) is 24.1 Å². The second-order valence-electron chi connectivity index (χ2n) is 5.12. The lowest BCUT2D eigenvalue weighted by Gasteiger charge is -2.11. The van der Waals surface area contributed by atoms with Gasteiger partial charge in [0.05, 0.1) is 5.56 Å². The summed E-state index contributed by atoms with van der Waals surface area (Å²) in [7, 11) is 1.79. The van der Waals surface area contributed by atoms with Crippen molar-refractivity contribution >= 4 is 17.5 Å². The summed E-state index contributed by atoms with van der Waals surface area (Å²) >= 11 is 0. The van der Waals surface area contributed by atoms with Crippen molar-refractivity contribution in [1.29, 1.82) is 0 Å². The van der Waals surface area contributed by atoms with Crippen molar-refractivity contribution in [1.82, 2.24) is 10.6 Å². The summed E-state index contributed by atoms with van der Waals surface area (Å²) in [5.41, 5.74) is 2.47. The minimum atomic E-state index is -0.126. The lowest BCUT2D eigenvalue weighted by atomic mass is 10.1. The fourth-order valence-electron chi connectivity index (χ4n) is 2.01. The molecular formula is C15H21N3O2. The van der Waals surface area contributed by atoms with E-state index in [1.165, 1.54) is 0 Å². The first kappa shape index (κ1) is 14.4. The van der Waals surface area contributed by atoms with Crippen LogP contribution < -0.4 is 16.0 Å². The molecule has 0 heterocycles. The van der Waals surface area contributed by atoms with Crippen LogP contribution in [0.1, 0.15) is 28.8 Å². The molecule has 0 spiro atoms. The van der Waals surface area contributed by atoms with Gasteiger partial charge in [0.25, 0.3) is 5.91 Å². The number of carbonyl (C=O) groups excluding carboxylic acids is 2.